The summed E-state index contributed by atoms with van der Waals surface area (Å²) in [5.41, 5.74) is 5.54. The van der Waals surface area contributed by atoms with Crippen molar-refractivity contribution in [3.05, 3.63) is 35.4 Å². The molecular formula is C17H22F2N4O2. The monoisotopic (exact) mass is 352 g/mol. The SMILES string of the molecule is O=C(CNC(=O)C1CCCC1)NC1CC(c2c(F)cccc2F)NN1. The Balaban J connectivity index is 1.46. The van der Waals surface area contributed by atoms with Crippen LogP contribution in [0, 0.1) is 17.6 Å². The van der Waals surface area contributed by atoms with Crippen LogP contribution >= 0.6 is 0 Å². The number of hydrogen-bond acceptors (Lipinski definition) is 4. The van der Waals surface area contributed by atoms with Gasteiger partial charge in [0.15, 0.2) is 0 Å². The summed E-state index contributed by atoms with van der Waals surface area (Å²) in [5, 5.41) is 5.33. The van der Waals surface area contributed by atoms with Crippen LogP contribution in [-0.2, 0) is 9.59 Å². The van der Waals surface area contributed by atoms with Crippen molar-refractivity contribution in [3.63, 3.8) is 0 Å². The molecule has 25 heavy (non-hydrogen) atoms. The van der Waals surface area contributed by atoms with Crippen LogP contribution in [-0.4, -0.2) is 24.5 Å². The lowest BCUT2D eigenvalue weighted by atomic mass is 10.0. The zero-order valence-corrected chi connectivity index (χ0v) is 13.8. The number of nitrogens with one attached hydrogen (secondary N) is 4. The van der Waals surface area contributed by atoms with Crippen LogP contribution in [0.5, 0.6) is 0 Å². The quantitative estimate of drug-likeness (QED) is 0.643. The van der Waals surface area contributed by atoms with Crippen LogP contribution in [0.4, 0.5) is 8.78 Å². The van der Waals surface area contributed by atoms with Gasteiger partial charge in [-0.15, -0.1) is 0 Å². The summed E-state index contributed by atoms with van der Waals surface area (Å²) < 4.78 is 27.6. The van der Waals surface area contributed by atoms with Gasteiger partial charge in [0, 0.05) is 17.9 Å². The minimum Gasteiger partial charge on any atom is -0.347 e. The lowest BCUT2D eigenvalue weighted by molar-refractivity contribution is -0.128. The smallest absolute Gasteiger partial charge is 0.240 e. The molecule has 0 spiro atoms. The Morgan fingerprint density at radius 1 is 1.12 bits per heavy atom. The Hall–Kier alpha value is -2.06. The van der Waals surface area contributed by atoms with Gasteiger partial charge < -0.3 is 10.6 Å². The van der Waals surface area contributed by atoms with E-state index in [1.807, 2.05) is 0 Å². The predicted molar refractivity (Wildman–Crippen MR) is 86.9 cm³/mol. The van der Waals surface area contributed by atoms with Crippen LogP contribution in [0.25, 0.3) is 0 Å². The second kappa shape index (κ2) is 7.88. The second-order valence-electron chi connectivity index (χ2n) is 6.53. The van der Waals surface area contributed by atoms with Crippen LogP contribution in [0.2, 0.25) is 0 Å². The molecule has 1 saturated carbocycles. The summed E-state index contributed by atoms with van der Waals surface area (Å²) >= 11 is 0. The van der Waals surface area contributed by atoms with Crippen molar-refractivity contribution in [2.45, 2.75) is 44.3 Å². The van der Waals surface area contributed by atoms with E-state index in [4.69, 9.17) is 0 Å². The number of halogens is 2. The van der Waals surface area contributed by atoms with Gasteiger partial charge in [-0.1, -0.05) is 18.9 Å². The number of hydrazine groups is 1. The summed E-state index contributed by atoms with van der Waals surface area (Å²) in [7, 11) is 0. The molecule has 0 radical (unpaired) electrons. The van der Waals surface area contributed by atoms with Crippen LogP contribution in [0.3, 0.4) is 0 Å². The number of carbonyl (C=O) groups excluding carboxylic acids is 2. The molecule has 2 unspecified atom stereocenters. The van der Waals surface area contributed by atoms with Crippen molar-refractivity contribution in [1.29, 1.82) is 0 Å². The van der Waals surface area contributed by atoms with Gasteiger partial charge >= 0.3 is 0 Å². The molecule has 3 rings (SSSR count). The molecule has 8 heteroatoms. The molecule has 2 atom stereocenters. The van der Waals surface area contributed by atoms with E-state index < -0.39 is 23.8 Å². The number of hydrogen-bond donors (Lipinski definition) is 4. The molecule has 136 valence electrons. The van der Waals surface area contributed by atoms with E-state index in [9.17, 15) is 18.4 Å². The van der Waals surface area contributed by atoms with Crippen molar-refractivity contribution < 1.29 is 18.4 Å². The first-order valence-corrected chi connectivity index (χ1v) is 8.56. The Kier molecular flexibility index (Phi) is 5.60. The summed E-state index contributed by atoms with van der Waals surface area (Å²) in [6, 6.07) is 3.12. The van der Waals surface area contributed by atoms with Crippen molar-refractivity contribution in [1.82, 2.24) is 21.5 Å². The first-order chi connectivity index (χ1) is 12.0. The molecule has 6 nitrogen and oxygen atoms in total. The average molecular weight is 352 g/mol. The normalized spacial score (nSPS) is 23.6. The summed E-state index contributed by atoms with van der Waals surface area (Å²) in [5.74, 6) is -1.69. The number of amides is 2. The molecule has 2 aliphatic rings. The zero-order valence-electron chi connectivity index (χ0n) is 13.8. The highest BCUT2D eigenvalue weighted by atomic mass is 19.1. The van der Waals surface area contributed by atoms with E-state index in [2.05, 4.69) is 21.5 Å². The van der Waals surface area contributed by atoms with E-state index in [0.29, 0.717) is 6.42 Å². The highest BCUT2D eigenvalue weighted by Crippen LogP contribution is 2.26. The van der Waals surface area contributed by atoms with Gasteiger partial charge in [-0.05, 0) is 25.0 Å². The van der Waals surface area contributed by atoms with E-state index in [-0.39, 0.29) is 29.8 Å². The standard InChI is InChI=1S/C17H22F2N4O2/c18-11-6-3-7-12(19)16(11)13-8-14(23-22-13)21-15(24)9-20-17(25)10-4-1-2-5-10/h3,6-7,10,13-14,22-23H,1-2,4-5,8-9H2,(H,20,25)(H,21,24). The fourth-order valence-electron chi connectivity index (χ4n) is 3.43. The van der Waals surface area contributed by atoms with Crippen LogP contribution in [0.1, 0.15) is 43.7 Å². The molecule has 0 bridgehead atoms. The molecule has 1 heterocycles. The van der Waals surface area contributed by atoms with Gasteiger partial charge in [-0.2, -0.15) is 0 Å². The van der Waals surface area contributed by atoms with Gasteiger partial charge in [-0.3, -0.25) is 9.59 Å². The maximum absolute atomic E-state index is 13.8. The molecule has 1 aromatic carbocycles. The molecule has 1 aliphatic heterocycles. The first kappa shape index (κ1) is 17.8. The third kappa shape index (κ3) is 4.32. The zero-order chi connectivity index (χ0) is 17.8. The fourth-order valence-corrected chi connectivity index (χ4v) is 3.43. The van der Waals surface area contributed by atoms with Gasteiger partial charge in [0.2, 0.25) is 11.8 Å². The first-order valence-electron chi connectivity index (χ1n) is 8.56. The lowest BCUT2D eigenvalue weighted by Crippen LogP contribution is -2.48. The van der Waals surface area contributed by atoms with Gasteiger partial charge in [-0.25, -0.2) is 19.6 Å². The van der Waals surface area contributed by atoms with Crippen molar-refractivity contribution >= 4 is 11.8 Å². The van der Waals surface area contributed by atoms with E-state index >= 15 is 0 Å². The Morgan fingerprint density at radius 3 is 2.48 bits per heavy atom. The minimum absolute atomic E-state index is 0.00693. The number of rotatable bonds is 5. The van der Waals surface area contributed by atoms with Crippen molar-refractivity contribution in [3.8, 4) is 0 Å². The Labute approximate surface area is 144 Å². The highest BCUT2D eigenvalue weighted by Gasteiger charge is 2.30. The fraction of sp³-hybridized carbons (Fsp3) is 0.529. The Bertz CT molecular complexity index is 629. The van der Waals surface area contributed by atoms with Gasteiger partial charge in [0.1, 0.15) is 11.6 Å². The molecule has 4 N–H and O–H groups in total. The second-order valence-corrected chi connectivity index (χ2v) is 6.53. The molecule has 1 aliphatic carbocycles. The highest BCUT2D eigenvalue weighted by molar-refractivity contribution is 5.86. The molecule has 1 saturated heterocycles. The van der Waals surface area contributed by atoms with E-state index in [1.54, 1.807) is 0 Å². The molecular weight excluding hydrogens is 330 g/mol. The van der Waals surface area contributed by atoms with Crippen molar-refractivity contribution in [2.75, 3.05) is 6.54 Å². The van der Waals surface area contributed by atoms with Crippen LogP contribution < -0.4 is 21.5 Å². The van der Waals surface area contributed by atoms with Gasteiger partial charge in [0.05, 0.1) is 18.8 Å². The third-order valence-corrected chi connectivity index (χ3v) is 4.74. The average Bonchev–Trinajstić information content (AvgIpc) is 3.24. The number of benzene rings is 1. The summed E-state index contributed by atoms with van der Waals surface area (Å²) in [6.07, 6.45) is 3.67. The Morgan fingerprint density at radius 2 is 1.80 bits per heavy atom. The largest absolute Gasteiger partial charge is 0.347 e. The minimum atomic E-state index is -0.630. The molecule has 2 fully saturated rings. The predicted octanol–water partition coefficient (Wildman–Crippen LogP) is 1.25. The van der Waals surface area contributed by atoms with Gasteiger partial charge in [0.25, 0.3) is 0 Å². The molecule has 1 aromatic rings. The maximum atomic E-state index is 13.8. The van der Waals surface area contributed by atoms with E-state index in [1.165, 1.54) is 18.2 Å². The molecule has 2 amide bonds. The maximum Gasteiger partial charge on any atom is 0.240 e. The molecule has 0 aromatic heterocycles. The van der Waals surface area contributed by atoms with Crippen LogP contribution in [0.15, 0.2) is 18.2 Å². The lowest BCUT2D eigenvalue weighted by Gasteiger charge is -2.14. The topological polar surface area (TPSA) is 82.3 Å². The van der Waals surface area contributed by atoms with Crippen molar-refractivity contribution in [2.24, 2.45) is 5.92 Å². The summed E-state index contributed by atoms with van der Waals surface area (Å²) in [6.45, 7) is -0.105. The number of carbonyl (C=O) groups is 2. The van der Waals surface area contributed by atoms with E-state index in [0.717, 1.165) is 25.7 Å². The third-order valence-electron chi connectivity index (χ3n) is 4.74. The summed E-state index contributed by atoms with van der Waals surface area (Å²) in [4.78, 5) is 23.9.